The standard InChI is InChI=1S/C27H37ClN6/c1-5-19(3)25(29-6-2)21-9-7-10-22(31(21)4)26-27(28)34-23(30-26)11-8-12-24(34)33-17-15-32(16-18-33)20-13-14-20/h5-6,8,11-12,20-22H,2,7,9-10,13-18H2,1,3-4H3/b19-5-,29-25+/t21-,22+/m0/s1. The molecule has 7 heteroatoms. The lowest BCUT2D eigenvalue weighted by Gasteiger charge is -2.39. The highest BCUT2D eigenvalue weighted by molar-refractivity contribution is 6.30. The molecule has 3 fully saturated rings. The van der Waals surface area contributed by atoms with E-state index in [1.54, 1.807) is 6.20 Å². The van der Waals surface area contributed by atoms with Crippen molar-refractivity contribution >= 4 is 28.8 Å². The first-order valence-corrected chi connectivity index (χ1v) is 13.1. The van der Waals surface area contributed by atoms with Crippen LogP contribution in [0.15, 0.2) is 47.6 Å². The van der Waals surface area contributed by atoms with Crippen LogP contribution in [-0.4, -0.2) is 70.2 Å². The molecule has 0 N–H and O–H groups in total. The maximum atomic E-state index is 7.13. The normalized spacial score (nSPS) is 25.8. The van der Waals surface area contributed by atoms with Crippen molar-refractivity contribution in [2.24, 2.45) is 4.99 Å². The average molecular weight is 481 g/mol. The number of halogens is 1. The predicted octanol–water partition coefficient (Wildman–Crippen LogP) is 5.35. The number of imidazole rings is 1. The third kappa shape index (κ3) is 4.32. The third-order valence-corrected chi connectivity index (χ3v) is 8.29. The van der Waals surface area contributed by atoms with Gasteiger partial charge in [-0.25, -0.2) is 4.98 Å². The van der Waals surface area contributed by atoms with Gasteiger partial charge < -0.3 is 4.90 Å². The zero-order valence-corrected chi connectivity index (χ0v) is 21.5. The molecule has 4 heterocycles. The summed E-state index contributed by atoms with van der Waals surface area (Å²) in [4.78, 5) is 17.3. The average Bonchev–Trinajstić information content (AvgIpc) is 3.66. The van der Waals surface area contributed by atoms with Crippen molar-refractivity contribution < 1.29 is 0 Å². The predicted molar refractivity (Wildman–Crippen MR) is 142 cm³/mol. The summed E-state index contributed by atoms with van der Waals surface area (Å²) >= 11 is 7.13. The first-order chi connectivity index (χ1) is 16.5. The van der Waals surface area contributed by atoms with E-state index in [1.807, 2.05) is 0 Å². The first-order valence-electron chi connectivity index (χ1n) is 12.7. The molecular weight excluding hydrogens is 444 g/mol. The van der Waals surface area contributed by atoms with Gasteiger partial charge in [0.15, 0.2) is 0 Å². The SMILES string of the molecule is C=C/N=C(\C(C)=C/C)[C@@H]1CCC[C@H](c2nc3cccc(N4CCN(C5CC5)CC4)n3c2Cl)N1C. The van der Waals surface area contributed by atoms with E-state index in [1.165, 1.54) is 18.4 Å². The molecule has 2 aromatic heterocycles. The molecule has 2 atom stereocenters. The van der Waals surface area contributed by atoms with Crippen molar-refractivity contribution in [1.82, 2.24) is 19.2 Å². The Kier molecular flexibility index (Phi) is 6.83. The van der Waals surface area contributed by atoms with Crippen LogP contribution in [0.5, 0.6) is 0 Å². The van der Waals surface area contributed by atoms with E-state index in [2.05, 4.69) is 75.8 Å². The Labute approximate surface area is 208 Å². The van der Waals surface area contributed by atoms with E-state index in [-0.39, 0.29) is 12.1 Å². The van der Waals surface area contributed by atoms with Gasteiger partial charge in [0.05, 0.1) is 23.5 Å². The molecule has 1 aliphatic carbocycles. The van der Waals surface area contributed by atoms with Crippen molar-refractivity contribution in [2.45, 2.75) is 64.1 Å². The number of anilines is 1. The minimum Gasteiger partial charge on any atom is -0.355 e. The minimum absolute atomic E-state index is 0.158. The maximum absolute atomic E-state index is 7.13. The summed E-state index contributed by atoms with van der Waals surface area (Å²) < 4.78 is 2.16. The summed E-state index contributed by atoms with van der Waals surface area (Å²) in [5.41, 5.74) is 4.21. The van der Waals surface area contributed by atoms with Crippen LogP contribution in [0.25, 0.3) is 5.65 Å². The number of allylic oxidation sites excluding steroid dienone is 1. The van der Waals surface area contributed by atoms with Gasteiger partial charge in [-0.05, 0) is 70.7 Å². The van der Waals surface area contributed by atoms with Crippen molar-refractivity contribution in [3.8, 4) is 0 Å². The molecule has 3 aliphatic rings. The lowest BCUT2D eigenvalue weighted by atomic mass is 9.89. The maximum Gasteiger partial charge on any atom is 0.139 e. The van der Waals surface area contributed by atoms with Crippen LogP contribution in [-0.2, 0) is 0 Å². The van der Waals surface area contributed by atoms with Crippen molar-refractivity contribution in [2.75, 3.05) is 38.1 Å². The molecular formula is C27H37ClN6. The molecule has 0 spiro atoms. The smallest absolute Gasteiger partial charge is 0.139 e. The topological polar surface area (TPSA) is 39.4 Å². The Bertz CT molecular complexity index is 1110. The lowest BCUT2D eigenvalue weighted by molar-refractivity contribution is 0.151. The molecule has 0 radical (unpaired) electrons. The van der Waals surface area contributed by atoms with Gasteiger partial charge in [-0.2, -0.15) is 0 Å². The molecule has 34 heavy (non-hydrogen) atoms. The summed E-state index contributed by atoms with van der Waals surface area (Å²) in [6.45, 7) is 12.4. The second kappa shape index (κ2) is 9.84. The molecule has 2 saturated heterocycles. The Morgan fingerprint density at radius 2 is 1.91 bits per heavy atom. The number of pyridine rings is 1. The van der Waals surface area contributed by atoms with Crippen LogP contribution < -0.4 is 4.90 Å². The number of hydrogen-bond donors (Lipinski definition) is 0. The molecule has 6 nitrogen and oxygen atoms in total. The van der Waals surface area contributed by atoms with Crippen LogP contribution in [0.3, 0.4) is 0 Å². The van der Waals surface area contributed by atoms with Gasteiger partial charge in [0, 0.05) is 38.4 Å². The second-order valence-corrected chi connectivity index (χ2v) is 10.3. The van der Waals surface area contributed by atoms with Crippen LogP contribution in [0, 0.1) is 0 Å². The largest absolute Gasteiger partial charge is 0.355 e. The Morgan fingerprint density at radius 1 is 1.15 bits per heavy atom. The number of aromatic nitrogens is 2. The van der Waals surface area contributed by atoms with Gasteiger partial charge in [0.1, 0.15) is 16.6 Å². The van der Waals surface area contributed by atoms with Gasteiger partial charge in [-0.15, -0.1) is 0 Å². The number of aliphatic imine (C=N–C) groups is 1. The molecule has 0 unspecified atom stereocenters. The van der Waals surface area contributed by atoms with Crippen molar-refractivity contribution in [1.29, 1.82) is 0 Å². The Morgan fingerprint density at radius 3 is 2.59 bits per heavy atom. The van der Waals surface area contributed by atoms with E-state index in [9.17, 15) is 0 Å². The number of piperidine rings is 1. The molecule has 2 aliphatic heterocycles. The number of piperazine rings is 1. The highest BCUT2D eigenvalue weighted by Gasteiger charge is 2.36. The van der Waals surface area contributed by atoms with Gasteiger partial charge in [-0.3, -0.25) is 19.2 Å². The second-order valence-electron chi connectivity index (χ2n) is 9.92. The fraction of sp³-hybridized carbons (Fsp3) is 0.556. The van der Waals surface area contributed by atoms with Crippen LogP contribution in [0.2, 0.25) is 5.15 Å². The van der Waals surface area contributed by atoms with E-state index in [0.717, 1.165) is 79.5 Å². The molecule has 2 aromatic rings. The Hall–Kier alpha value is -2.15. The molecule has 5 rings (SSSR count). The van der Waals surface area contributed by atoms with Gasteiger partial charge in [0.2, 0.25) is 0 Å². The lowest BCUT2D eigenvalue weighted by Crippen LogP contribution is -2.47. The van der Waals surface area contributed by atoms with Crippen LogP contribution in [0.1, 0.15) is 57.7 Å². The van der Waals surface area contributed by atoms with E-state index in [4.69, 9.17) is 16.6 Å². The van der Waals surface area contributed by atoms with Crippen molar-refractivity contribution in [3.05, 3.63) is 53.5 Å². The number of likely N-dealkylation sites (tertiary alicyclic amines) is 1. The van der Waals surface area contributed by atoms with E-state index >= 15 is 0 Å². The van der Waals surface area contributed by atoms with Gasteiger partial charge >= 0.3 is 0 Å². The highest BCUT2D eigenvalue weighted by atomic mass is 35.5. The molecule has 0 aromatic carbocycles. The zero-order chi connectivity index (χ0) is 23.8. The number of fused-ring (bicyclic) bond motifs is 1. The van der Waals surface area contributed by atoms with E-state index in [0.29, 0.717) is 0 Å². The molecule has 182 valence electrons. The van der Waals surface area contributed by atoms with Gasteiger partial charge in [-0.1, -0.05) is 30.3 Å². The fourth-order valence-electron chi connectivity index (χ4n) is 5.76. The van der Waals surface area contributed by atoms with Crippen LogP contribution >= 0.6 is 11.6 Å². The summed E-state index contributed by atoms with van der Waals surface area (Å²) in [6.07, 6.45) is 9.77. The van der Waals surface area contributed by atoms with E-state index < -0.39 is 0 Å². The monoisotopic (exact) mass is 480 g/mol. The van der Waals surface area contributed by atoms with Crippen molar-refractivity contribution in [3.63, 3.8) is 0 Å². The molecule has 0 bridgehead atoms. The zero-order valence-electron chi connectivity index (χ0n) is 20.8. The number of nitrogens with zero attached hydrogens (tertiary/aromatic N) is 6. The number of hydrogen-bond acceptors (Lipinski definition) is 5. The summed E-state index contributed by atoms with van der Waals surface area (Å²) in [5, 5.41) is 0.748. The number of rotatable bonds is 6. The minimum atomic E-state index is 0.158. The first kappa shape index (κ1) is 23.6. The Balaban J connectivity index is 1.45. The van der Waals surface area contributed by atoms with Gasteiger partial charge in [0.25, 0.3) is 0 Å². The fourth-order valence-corrected chi connectivity index (χ4v) is 6.10. The third-order valence-electron chi connectivity index (χ3n) is 7.93. The van der Waals surface area contributed by atoms with Crippen LogP contribution in [0.4, 0.5) is 5.82 Å². The molecule has 1 saturated carbocycles. The highest BCUT2D eigenvalue weighted by Crippen LogP contribution is 2.39. The molecule has 0 amide bonds. The summed E-state index contributed by atoms with van der Waals surface area (Å²) in [5.74, 6) is 1.16. The summed E-state index contributed by atoms with van der Waals surface area (Å²) in [7, 11) is 2.19. The quantitative estimate of drug-likeness (QED) is 0.522. The summed E-state index contributed by atoms with van der Waals surface area (Å²) in [6, 6.07) is 7.59.